The van der Waals surface area contributed by atoms with Crippen molar-refractivity contribution in [1.82, 2.24) is 9.88 Å². The summed E-state index contributed by atoms with van der Waals surface area (Å²) in [6.45, 7) is 2.12. The summed E-state index contributed by atoms with van der Waals surface area (Å²) in [5.41, 5.74) is 0. The fourth-order valence-corrected chi connectivity index (χ4v) is 2.12. The molecule has 1 aliphatic rings. The molecule has 1 fully saturated rings. The average Bonchev–Trinajstić information content (AvgIpc) is 2.82. The Morgan fingerprint density at radius 3 is 2.82 bits per heavy atom. The maximum Gasteiger partial charge on any atom is 0.242 e. The summed E-state index contributed by atoms with van der Waals surface area (Å²) in [4.78, 5) is 19.8. The van der Waals surface area contributed by atoms with Crippen molar-refractivity contribution in [2.75, 3.05) is 31.6 Å². The van der Waals surface area contributed by atoms with Crippen LogP contribution in [-0.2, 0) is 4.79 Å². The molecule has 17 heavy (non-hydrogen) atoms. The van der Waals surface area contributed by atoms with Gasteiger partial charge in [-0.25, -0.2) is 4.98 Å². The predicted octanol–water partition coefficient (Wildman–Crippen LogP) is 1.79. The molecule has 0 saturated carbocycles. The first-order valence-electron chi connectivity index (χ1n) is 5.78. The van der Waals surface area contributed by atoms with Gasteiger partial charge in [0.05, 0.1) is 6.54 Å². The Balaban J connectivity index is 1.96. The highest BCUT2D eigenvalue weighted by Gasteiger charge is 2.19. The van der Waals surface area contributed by atoms with E-state index in [0.717, 1.165) is 31.7 Å². The monoisotopic (exact) mass is 253 g/mol. The van der Waals surface area contributed by atoms with E-state index in [4.69, 9.17) is 11.6 Å². The zero-order chi connectivity index (χ0) is 12.3. The van der Waals surface area contributed by atoms with Crippen LogP contribution in [-0.4, -0.2) is 42.5 Å². The number of halogens is 1. The summed E-state index contributed by atoms with van der Waals surface area (Å²) in [6, 6.07) is 5.41. The van der Waals surface area contributed by atoms with Gasteiger partial charge in [-0.15, -0.1) is 0 Å². The lowest BCUT2D eigenvalue weighted by Crippen LogP contribution is -2.37. The predicted molar refractivity (Wildman–Crippen MR) is 68.3 cm³/mol. The molecule has 0 N–H and O–H groups in total. The molecule has 0 spiro atoms. The Bertz CT molecular complexity index is 404. The molecule has 1 aliphatic heterocycles. The number of carbonyl (C=O) groups excluding carboxylic acids is 1. The van der Waals surface area contributed by atoms with Gasteiger partial charge in [0.2, 0.25) is 5.91 Å². The Kier molecular flexibility index (Phi) is 3.84. The van der Waals surface area contributed by atoms with Crippen LogP contribution in [0.4, 0.5) is 5.82 Å². The molecule has 0 aromatic carbocycles. The first-order valence-corrected chi connectivity index (χ1v) is 6.16. The maximum atomic E-state index is 11.9. The third-order valence-electron chi connectivity index (χ3n) is 2.92. The normalized spacial score (nSPS) is 15.1. The van der Waals surface area contributed by atoms with Gasteiger partial charge in [-0.05, 0) is 25.0 Å². The van der Waals surface area contributed by atoms with E-state index in [-0.39, 0.29) is 5.91 Å². The number of rotatable bonds is 3. The second-order valence-electron chi connectivity index (χ2n) is 4.26. The van der Waals surface area contributed by atoms with Gasteiger partial charge in [0.15, 0.2) is 0 Å². The summed E-state index contributed by atoms with van der Waals surface area (Å²) >= 11 is 5.82. The fraction of sp³-hybridized carbons (Fsp3) is 0.500. The molecular weight excluding hydrogens is 238 g/mol. The Morgan fingerprint density at radius 1 is 1.47 bits per heavy atom. The van der Waals surface area contributed by atoms with E-state index in [9.17, 15) is 4.79 Å². The second kappa shape index (κ2) is 5.36. The third kappa shape index (κ3) is 3.09. The van der Waals surface area contributed by atoms with Gasteiger partial charge in [0, 0.05) is 20.1 Å². The number of anilines is 1. The lowest BCUT2D eigenvalue weighted by molar-refractivity contribution is -0.128. The molecule has 0 aliphatic carbocycles. The van der Waals surface area contributed by atoms with E-state index >= 15 is 0 Å². The molecule has 4 nitrogen and oxygen atoms in total. The Morgan fingerprint density at radius 2 is 2.18 bits per heavy atom. The largest absolute Gasteiger partial charge is 0.350 e. The Labute approximate surface area is 106 Å². The number of carbonyl (C=O) groups is 1. The molecule has 1 aromatic heterocycles. The minimum absolute atomic E-state index is 0.159. The molecule has 2 heterocycles. The fourth-order valence-electron chi connectivity index (χ4n) is 1.96. The Hall–Kier alpha value is -1.29. The molecule has 92 valence electrons. The smallest absolute Gasteiger partial charge is 0.242 e. The highest BCUT2D eigenvalue weighted by molar-refractivity contribution is 6.29. The molecule has 0 bridgehead atoms. The maximum absolute atomic E-state index is 11.9. The first-order chi connectivity index (χ1) is 8.16. The molecule has 5 heteroatoms. The molecular formula is C12H16ClN3O. The minimum atomic E-state index is 0.159. The van der Waals surface area contributed by atoms with Crippen LogP contribution in [0.1, 0.15) is 12.8 Å². The molecule has 0 atom stereocenters. The van der Waals surface area contributed by atoms with E-state index in [2.05, 4.69) is 4.98 Å². The first kappa shape index (κ1) is 12.2. The molecule has 1 amide bonds. The quantitative estimate of drug-likeness (QED) is 0.771. The average molecular weight is 254 g/mol. The van der Waals surface area contributed by atoms with E-state index in [1.807, 2.05) is 29.0 Å². The van der Waals surface area contributed by atoms with Gasteiger partial charge in [-0.3, -0.25) is 4.79 Å². The molecule has 0 unspecified atom stereocenters. The van der Waals surface area contributed by atoms with Crippen LogP contribution >= 0.6 is 11.6 Å². The van der Waals surface area contributed by atoms with Crippen molar-refractivity contribution in [3.05, 3.63) is 23.4 Å². The van der Waals surface area contributed by atoms with Crippen molar-refractivity contribution >= 4 is 23.3 Å². The number of likely N-dealkylation sites (tertiary alicyclic amines) is 1. The number of aromatic nitrogens is 1. The van der Waals surface area contributed by atoms with E-state index in [0.29, 0.717) is 11.7 Å². The summed E-state index contributed by atoms with van der Waals surface area (Å²) in [5, 5.41) is 0.447. The minimum Gasteiger partial charge on any atom is -0.350 e. The summed E-state index contributed by atoms with van der Waals surface area (Å²) in [7, 11) is 1.85. The summed E-state index contributed by atoms with van der Waals surface area (Å²) in [5.74, 6) is 0.886. The lowest BCUT2D eigenvalue weighted by atomic mass is 10.4. The number of hydrogen-bond donors (Lipinski definition) is 0. The summed E-state index contributed by atoms with van der Waals surface area (Å²) in [6.07, 6.45) is 2.23. The van der Waals surface area contributed by atoms with Crippen molar-refractivity contribution in [2.45, 2.75) is 12.8 Å². The van der Waals surface area contributed by atoms with E-state index in [1.165, 1.54) is 0 Å². The van der Waals surface area contributed by atoms with Gasteiger partial charge in [-0.2, -0.15) is 0 Å². The van der Waals surface area contributed by atoms with Gasteiger partial charge in [-0.1, -0.05) is 17.7 Å². The molecule has 0 radical (unpaired) electrons. The van der Waals surface area contributed by atoms with Crippen molar-refractivity contribution in [3.63, 3.8) is 0 Å². The lowest BCUT2D eigenvalue weighted by Gasteiger charge is -2.22. The zero-order valence-electron chi connectivity index (χ0n) is 9.90. The van der Waals surface area contributed by atoms with Crippen LogP contribution in [0.2, 0.25) is 5.15 Å². The molecule has 1 aromatic rings. The van der Waals surface area contributed by atoms with Gasteiger partial charge in [0.1, 0.15) is 11.0 Å². The van der Waals surface area contributed by atoms with E-state index < -0.39 is 0 Å². The van der Waals surface area contributed by atoms with Crippen molar-refractivity contribution in [1.29, 1.82) is 0 Å². The van der Waals surface area contributed by atoms with Crippen LogP contribution < -0.4 is 4.90 Å². The van der Waals surface area contributed by atoms with Gasteiger partial charge in [0.25, 0.3) is 0 Å². The molecule has 1 saturated heterocycles. The third-order valence-corrected chi connectivity index (χ3v) is 3.13. The number of hydrogen-bond acceptors (Lipinski definition) is 3. The second-order valence-corrected chi connectivity index (χ2v) is 4.65. The van der Waals surface area contributed by atoms with Crippen molar-refractivity contribution in [2.24, 2.45) is 0 Å². The van der Waals surface area contributed by atoms with Crippen molar-refractivity contribution in [3.8, 4) is 0 Å². The SMILES string of the molecule is CN(CC(=O)N1CCCC1)c1cccc(Cl)n1. The topological polar surface area (TPSA) is 36.4 Å². The number of amides is 1. The van der Waals surface area contributed by atoms with Crippen LogP contribution in [0.15, 0.2) is 18.2 Å². The number of pyridine rings is 1. The van der Waals surface area contributed by atoms with Crippen LogP contribution in [0, 0.1) is 0 Å². The van der Waals surface area contributed by atoms with Gasteiger partial charge < -0.3 is 9.80 Å². The van der Waals surface area contributed by atoms with Gasteiger partial charge >= 0.3 is 0 Å². The van der Waals surface area contributed by atoms with Crippen molar-refractivity contribution < 1.29 is 4.79 Å². The van der Waals surface area contributed by atoms with Crippen LogP contribution in [0.3, 0.4) is 0 Å². The number of nitrogens with zero attached hydrogens (tertiary/aromatic N) is 3. The van der Waals surface area contributed by atoms with Crippen LogP contribution in [0.25, 0.3) is 0 Å². The van der Waals surface area contributed by atoms with E-state index in [1.54, 1.807) is 6.07 Å². The highest BCUT2D eigenvalue weighted by Crippen LogP contribution is 2.14. The molecule has 2 rings (SSSR count). The highest BCUT2D eigenvalue weighted by atomic mass is 35.5. The standard InChI is InChI=1S/C12H16ClN3O/c1-15(11-6-4-5-10(13)14-11)9-12(17)16-7-2-3-8-16/h4-6H,2-3,7-9H2,1H3. The van der Waals surface area contributed by atoms with Crippen LogP contribution in [0.5, 0.6) is 0 Å². The summed E-state index contributed by atoms with van der Waals surface area (Å²) < 4.78 is 0. The number of likely N-dealkylation sites (N-methyl/N-ethyl adjacent to an activating group) is 1. The zero-order valence-corrected chi connectivity index (χ0v) is 10.7.